The lowest BCUT2D eigenvalue weighted by Crippen LogP contribution is -2.47. The zero-order valence-corrected chi connectivity index (χ0v) is 26.6. The lowest BCUT2D eigenvalue weighted by atomic mass is 9.69. The Kier molecular flexibility index (Phi) is 5.61. The van der Waals surface area contributed by atoms with E-state index in [1.165, 1.54) is 0 Å². The summed E-state index contributed by atoms with van der Waals surface area (Å²) in [7, 11) is -7.59. The Morgan fingerprint density at radius 3 is 1.39 bits per heavy atom. The first-order valence-electron chi connectivity index (χ1n) is 15.2. The molecule has 0 unspecified atom stereocenters. The molecule has 0 N–H and O–H groups in total. The van der Waals surface area contributed by atoms with Gasteiger partial charge in [-0.3, -0.25) is 9.59 Å². The Hall–Kier alpha value is -1.24. The molecule has 41 heavy (non-hydrogen) atoms. The average molecular weight is 613 g/mol. The standard InChI is InChI=1S/C29H44N2O8S2/c1-25(2)17-7-9-28(25)15-40(34,35)30(21(28)11-17)23(32)13-19-20(39-27(5,6)38-19)14-24(33)31-22-12-18-8-10-29(22,26(18,3)4)16-41(31,36)37/h17-22H,7-16H2,1-6H3/t17-,18-,19-,20-,21-,22-,28-,29-/m1/s1. The van der Waals surface area contributed by atoms with E-state index in [9.17, 15) is 26.4 Å². The van der Waals surface area contributed by atoms with Gasteiger partial charge in [-0.1, -0.05) is 27.7 Å². The van der Waals surface area contributed by atoms with Crippen molar-refractivity contribution >= 4 is 31.9 Å². The summed E-state index contributed by atoms with van der Waals surface area (Å²) in [5.41, 5.74) is -1.17. The quantitative estimate of drug-likeness (QED) is 0.474. The van der Waals surface area contributed by atoms with Crippen molar-refractivity contribution in [3.8, 4) is 0 Å². The van der Waals surface area contributed by atoms with Crippen LogP contribution in [-0.4, -0.2) is 78.8 Å². The van der Waals surface area contributed by atoms with Gasteiger partial charge in [-0.2, -0.15) is 0 Å². The van der Waals surface area contributed by atoms with Crippen LogP contribution < -0.4 is 0 Å². The van der Waals surface area contributed by atoms with Crippen LogP contribution in [0.4, 0.5) is 0 Å². The molecule has 0 radical (unpaired) electrons. The van der Waals surface area contributed by atoms with Crippen LogP contribution in [0.25, 0.3) is 0 Å². The fraction of sp³-hybridized carbons (Fsp3) is 0.931. The molecule has 2 spiro atoms. The van der Waals surface area contributed by atoms with E-state index in [2.05, 4.69) is 27.7 Å². The molecule has 7 fully saturated rings. The lowest BCUT2D eigenvalue weighted by molar-refractivity contribution is -0.152. The Labute approximate surface area is 244 Å². The van der Waals surface area contributed by atoms with Gasteiger partial charge < -0.3 is 9.47 Å². The predicted molar refractivity (Wildman–Crippen MR) is 149 cm³/mol. The van der Waals surface area contributed by atoms with Gasteiger partial charge in [-0.15, -0.1) is 0 Å². The molecule has 3 heterocycles. The summed E-state index contributed by atoms with van der Waals surface area (Å²) >= 11 is 0. The highest BCUT2D eigenvalue weighted by Crippen LogP contribution is 2.71. The first-order valence-corrected chi connectivity index (χ1v) is 18.5. The van der Waals surface area contributed by atoms with Crippen LogP contribution in [0.1, 0.15) is 92.9 Å². The third-order valence-electron chi connectivity index (χ3n) is 13.4. The molecule has 0 aromatic carbocycles. The number of fused-ring (bicyclic) bond motifs is 2. The van der Waals surface area contributed by atoms with Crippen LogP contribution in [0.5, 0.6) is 0 Å². The summed E-state index contributed by atoms with van der Waals surface area (Å²) in [4.78, 5) is 27.5. The minimum Gasteiger partial charge on any atom is -0.344 e. The second kappa shape index (κ2) is 8.07. The van der Waals surface area contributed by atoms with Gasteiger partial charge in [0.05, 0.1) is 48.6 Å². The lowest BCUT2D eigenvalue weighted by Gasteiger charge is -2.37. The molecule has 10 nitrogen and oxygen atoms in total. The molecule has 12 heteroatoms. The van der Waals surface area contributed by atoms with Crippen LogP contribution in [0, 0.1) is 33.5 Å². The van der Waals surface area contributed by atoms with E-state index in [1.807, 2.05) is 0 Å². The van der Waals surface area contributed by atoms with Crippen molar-refractivity contribution in [2.24, 2.45) is 33.5 Å². The summed E-state index contributed by atoms with van der Waals surface area (Å²) in [6, 6.07) is -0.701. The average Bonchev–Trinajstić information content (AvgIpc) is 3.56. The fourth-order valence-corrected chi connectivity index (χ4v) is 16.1. The molecule has 7 aliphatic rings. The number of rotatable bonds is 4. The third-order valence-corrected chi connectivity index (χ3v) is 17.2. The largest absolute Gasteiger partial charge is 0.344 e. The Morgan fingerprint density at radius 1 is 0.683 bits per heavy atom. The Balaban J connectivity index is 1.11. The van der Waals surface area contributed by atoms with Crippen LogP contribution in [0.15, 0.2) is 0 Å². The van der Waals surface area contributed by atoms with Crippen molar-refractivity contribution in [1.82, 2.24) is 8.61 Å². The smallest absolute Gasteiger partial charge is 0.239 e. The van der Waals surface area contributed by atoms with E-state index < -0.39 is 60.7 Å². The number of ether oxygens (including phenoxy) is 2. The Morgan fingerprint density at radius 2 is 1.05 bits per heavy atom. The van der Waals surface area contributed by atoms with E-state index in [0.717, 1.165) is 34.3 Å². The molecule has 2 amide bonds. The zero-order valence-electron chi connectivity index (χ0n) is 25.0. The topological polar surface area (TPSA) is 127 Å². The maximum Gasteiger partial charge on any atom is 0.239 e. The van der Waals surface area contributed by atoms with Gasteiger partial charge in [-0.25, -0.2) is 25.4 Å². The van der Waals surface area contributed by atoms with Crippen molar-refractivity contribution in [2.45, 2.75) is 123 Å². The summed E-state index contributed by atoms with van der Waals surface area (Å²) in [6.45, 7) is 11.9. The van der Waals surface area contributed by atoms with Crippen LogP contribution in [0.2, 0.25) is 0 Å². The predicted octanol–water partition coefficient (Wildman–Crippen LogP) is 3.02. The molecule has 7 rings (SSSR count). The number of amides is 2. The van der Waals surface area contributed by atoms with E-state index in [-0.39, 0.29) is 47.3 Å². The normalized spacial score (nSPS) is 46.7. The van der Waals surface area contributed by atoms with E-state index in [1.54, 1.807) is 13.8 Å². The van der Waals surface area contributed by atoms with Gasteiger partial charge in [0, 0.05) is 10.8 Å². The van der Waals surface area contributed by atoms with Crippen LogP contribution in [0.3, 0.4) is 0 Å². The van der Waals surface area contributed by atoms with Gasteiger partial charge in [-0.05, 0) is 75.0 Å². The number of carbonyl (C=O) groups excluding carboxylic acids is 2. The summed E-state index contributed by atoms with van der Waals surface area (Å²) < 4.78 is 68.1. The highest BCUT2D eigenvalue weighted by atomic mass is 32.2. The molecule has 3 aliphatic heterocycles. The van der Waals surface area contributed by atoms with Crippen molar-refractivity contribution in [3.05, 3.63) is 0 Å². The SMILES string of the molecule is CC1(C)O[C@H](CC(=O)N2[C@@H]3C[C@H]4CC[C@]3(CS2(=O)=O)C4(C)C)[C@@H](CC(=O)N2[C@@H]3C[C@H]4CC[C@]3(CS2(=O)=O)C4(C)C)O1. The van der Waals surface area contributed by atoms with Crippen molar-refractivity contribution in [2.75, 3.05) is 11.5 Å². The van der Waals surface area contributed by atoms with Gasteiger partial charge >= 0.3 is 0 Å². The first-order chi connectivity index (χ1) is 18.8. The van der Waals surface area contributed by atoms with Gasteiger partial charge in [0.25, 0.3) is 0 Å². The second-order valence-corrected chi connectivity index (χ2v) is 19.4. The van der Waals surface area contributed by atoms with Crippen molar-refractivity contribution < 1.29 is 35.9 Å². The van der Waals surface area contributed by atoms with Crippen LogP contribution >= 0.6 is 0 Å². The molecule has 8 atom stereocenters. The molecule has 0 aromatic rings. The van der Waals surface area contributed by atoms with Gasteiger partial charge in [0.1, 0.15) is 0 Å². The van der Waals surface area contributed by atoms with E-state index in [4.69, 9.17) is 9.47 Å². The minimum absolute atomic E-state index is 0.0113. The number of nitrogens with zero attached hydrogens (tertiary/aromatic N) is 2. The molecule has 230 valence electrons. The van der Waals surface area contributed by atoms with E-state index >= 15 is 0 Å². The van der Waals surface area contributed by atoms with Crippen molar-refractivity contribution in [1.29, 1.82) is 0 Å². The molecular weight excluding hydrogens is 568 g/mol. The van der Waals surface area contributed by atoms with Crippen molar-refractivity contribution in [3.63, 3.8) is 0 Å². The molecule has 4 bridgehead atoms. The highest BCUT2D eigenvalue weighted by molar-refractivity contribution is 7.90. The molecule has 4 aliphatic carbocycles. The number of sulfonamides is 2. The molecular formula is C29H44N2O8S2. The van der Waals surface area contributed by atoms with Gasteiger partial charge in [0.15, 0.2) is 5.79 Å². The molecule has 3 saturated heterocycles. The fourth-order valence-electron chi connectivity index (χ4n) is 11.0. The monoisotopic (exact) mass is 612 g/mol. The second-order valence-electron chi connectivity index (χ2n) is 15.7. The Bertz CT molecular complexity index is 1330. The maximum absolute atomic E-state index is 13.8. The van der Waals surface area contributed by atoms with E-state index in [0.29, 0.717) is 24.7 Å². The number of carbonyl (C=O) groups is 2. The summed E-state index contributed by atoms with van der Waals surface area (Å²) in [5.74, 6) is -1.41. The van der Waals surface area contributed by atoms with Gasteiger partial charge in [0.2, 0.25) is 31.9 Å². The number of hydrogen-bond acceptors (Lipinski definition) is 8. The minimum atomic E-state index is -3.79. The third kappa shape index (κ3) is 3.48. The highest BCUT2D eigenvalue weighted by Gasteiger charge is 2.73. The zero-order chi connectivity index (χ0) is 29.8. The molecule has 0 aromatic heterocycles. The number of hydrogen-bond donors (Lipinski definition) is 0. The first kappa shape index (κ1) is 28.5. The summed E-state index contributed by atoms with van der Waals surface area (Å²) in [5, 5.41) is 0. The van der Waals surface area contributed by atoms with Crippen LogP contribution in [-0.2, 0) is 39.1 Å². The molecule has 4 saturated carbocycles. The summed E-state index contributed by atoms with van der Waals surface area (Å²) in [6.07, 6.45) is 2.72. The maximum atomic E-state index is 13.8.